The van der Waals surface area contributed by atoms with E-state index in [1.807, 2.05) is 17.8 Å². The van der Waals surface area contributed by atoms with Gasteiger partial charge in [0.15, 0.2) is 0 Å². The van der Waals surface area contributed by atoms with E-state index >= 15 is 0 Å². The number of piperidine rings is 1. The van der Waals surface area contributed by atoms with E-state index in [4.69, 9.17) is 0 Å². The van der Waals surface area contributed by atoms with Crippen LogP contribution >= 0.6 is 11.8 Å². The van der Waals surface area contributed by atoms with Gasteiger partial charge in [0.05, 0.1) is 0 Å². The molecule has 0 aliphatic carbocycles. The zero-order valence-electron chi connectivity index (χ0n) is 9.87. The number of likely N-dealkylation sites (tertiary alicyclic amines) is 1. The monoisotopic (exact) mass is 228 g/mol. The average molecular weight is 228 g/mol. The second-order valence-corrected chi connectivity index (χ2v) is 5.18. The normalized spacial score (nSPS) is 19.3. The first kappa shape index (κ1) is 13.1. The van der Waals surface area contributed by atoms with Crippen LogP contribution in [0.3, 0.4) is 0 Å². The van der Waals surface area contributed by atoms with Crippen LogP contribution in [0.25, 0.3) is 0 Å². The van der Waals surface area contributed by atoms with Crippen molar-refractivity contribution in [2.75, 3.05) is 37.7 Å². The molecule has 1 heterocycles. The van der Waals surface area contributed by atoms with Gasteiger partial charge >= 0.3 is 0 Å². The van der Waals surface area contributed by atoms with Gasteiger partial charge < -0.3 is 10.2 Å². The highest BCUT2D eigenvalue weighted by atomic mass is 32.2. The van der Waals surface area contributed by atoms with Crippen LogP contribution in [-0.2, 0) is 0 Å². The predicted octanol–water partition coefficient (Wildman–Crippen LogP) is 1.98. The second kappa shape index (κ2) is 8.20. The van der Waals surface area contributed by atoms with Crippen molar-refractivity contribution in [3.63, 3.8) is 0 Å². The molecule has 0 spiro atoms. The highest BCUT2D eigenvalue weighted by Gasteiger charge is 2.16. The molecule has 0 aromatic heterocycles. The Bertz CT molecular complexity index is 165. The minimum Gasteiger partial charge on any atom is -0.313 e. The number of rotatable bonds is 7. The fourth-order valence-electron chi connectivity index (χ4n) is 1.96. The average Bonchev–Trinajstić information content (AvgIpc) is 2.30. The summed E-state index contributed by atoms with van der Waals surface area (Å²) in [5, 5.41) is 3.64. The van der Waals surface area contributed by atoms with E-state index < -0.39 is 0 Å². The molecule has 0 unspecified atom stereocenters. The Balaban J connectivity index is 1.96. The van der Waals surface area contributed by atoms with Gasteiger partial charge in [0.25, 0.3) is 0 Å². The molecule has 1 saturated heterocycles. The first-order valence-electron chi connectivity index (χ1n) is 6.01. The maximum Gasteiger partial charge on any atom is 0.0111 e. The highest BCUT2D eigenvalue weighted by Crippen LogP contribution is 2.09. The van der Waals surface area contributed by atoms with Crippen LogP contribution in [0.1, 0.15) is 19.8 Å². The lowest BCUT2D eigenvalue weighted by Crippen LogP contribution is -2.42. The van der Waals surface area contributed by atoms with Crippen LogP contribution in [-0.4, -0.2) is 48.6 Å². The van der Waals surface area contributed by atoms with Gasteiger partial charge in [-0.1, -0.05) is 13.0 Å². The molecule has 1 rings (SSSR count). The van der Waals surface area contributed by atoms with Crippen molar-refractivity contribution in [1.82, 2.24) is 10.2 Å². The number of nitrogens with one attached hydrogen (secondary N) is 1. The molecule has 0 aromatic rings. The fourth-order valence-corrected chi connectivity index (χ4v) is 2.55. The van der Waals surface area contributed by atoms with E-state index in [1.165, 1.54) is 38.2 Å². The van der Waals surface area contributed by atoms with Crippen LogP contribution in [0, 0.1) is 0 Å². The van der Waals surface area contributed by atoms with Crippen LogP contribution in [0.2, 0.25) is 0 Å². The number of hydrogen-bond acceptors (Lipinski definition) is 3. The summed E-state index contributed by atoms with van der Waals surface area (Å²) in [5.41, 5.74) is 0. The summed E-state index contributed by atoms with van der Waals surface area (Å²) in [6.07, 6.45) is 4.62. The van der Waals surface area contributed by atoms with E-state index in [1.54, 1.807) is 0 Å². The van der Waals surface area contributed by atoms with Gasteiger partial charge in [-0.15, -0.1) is 6.58 Å². The molecule has 3 heteroatoms. The summed E-state index contributed by atoms with van der Waals surface area (Å²) in [4.78, 5) is 2.53. The molecule has 2 nitrogen and oxygen atoms in total. The van der Waals surface area contributed by atoms with E-state index in [-0.39, 0.29) is 0 Å². The van der Waals surface area contributed by atoms with Gasteiger partial charge in [0, 0.05) is 24.1 Å². The largest absolute Gasteiger partial charge is 0.313 e. The van der Waals surface area contributed by atoms with E-state index in [0.717, 1.165) is 18.3 Å². The van der Waals surface area contributed by atoms with E-state index in [2.05, 4.69) is 23.7 Å². The van der Waals surface area contributed by atoms with Gasteiger partial charge in [-0.2, -0.15) is 11.8 Å². The molecule has 1 aliphatic heterocycles. The standard InChI is InChI=1S/C12H24N2S/c1-3-10-15-11-7-13-12-5-8-14(4-2)9-6-12/h3,12-13H,1,4-11H2,2H3. The molecule has 0 saturated carbocycles. The molecule has 0 radical (unpaired) electrons. The molecule has 0 atom stereocenters. The summed E-state index contributed by atoms with van der Waals surface area (Å²) < 4.78 is 0. The van der Waals surface area contributed by atoms with E-state index in [0.29, 0.717) is 0 Å². The van der Waals surface area contributed by atoms with Crippen molar-refractivity contribution in [3.05, 3.63) is 12.7 Å². The van der Waals surface area contributed by atoms with Crippen molar-refractivity contribution in [2.24, 2.45) is 0 Å². The van der Waals surface area contributed by atoms with Gasteiger partial charge in [-0.3, -0.25) is 0 Å². The zero-order chi connectivity index (χ0) is 10.9. The summed E-state index contributed by atoms with van der Waals surface area (Å²) in [7, 11) is 0. The van der Waals surface area contributed by atoms with Crippen molar-refractivity contribution in [3.8, 4) is 0 Å². The molecule has 1 aliphatic rings. The lowest BCUT2D eigenvalue weighted by Gasteiger charge is -2.31. The lowest BCUT2D eigenvalue weighted by molar-refractivity contribution is 0.208. The third-order valence-corrected chi connectivity index (χ3v) is 3.91. The Hall–Kier alpha value is 0.01000. The molecule has 1 fully saturated rings. The molecular weight excluding hydrogens is 204 g/mol. The van der Waals surface area contributed by atoms with Crippen molar-refractivity contribution < 1.29 is 0 Å². The predicted molar refractivity (Wildman–Crippen MR) is 70.7 cm³/mol. The van der Waals surface area contributed by atoms with Gasteiger partial charge in [-0.05, 0) is 32.5 Å². The SMILES string of the molecule is C=CCSCCNC1CCN(CC)CC1. The first-order valence-corrected chi connectivity index (χ1v) is 7.16. The maximum absolute atomic E-state index is 3.72. The Morgan fingerprint density at radius 3 is 2.80 bits per heavy atom. The number of thioether (sulfide) groups is 1. The minimum absolute atomic E-state index is 0.761. The smallest absolute Gasteiger partial charge is 0.0111 e. The van der Waals surface area contributed by atoms with Crippen LogP contribution in [0.15, 0.2) is 12.7 Å². The second-order valence-electron chi connectivity index (χ2n) is 4.03. The first-order chi connectivity index (χ1) is 7.36. The summed E-state index contributed by atoms with van der Waals surface area (Å²) in [6, 6.07) is 0.761. The third-order valence-electron chi connectivity index (χ3n) is 2.95. The maximum atomic E-state index is 3.72. The number of nitrogens with zero attached hydrogens (tertiary/aromatic N) is 1. The zero-order valence-corrected chi connectivity index (χ0v) is 10.7. The van der Waals surface area contributed by atoms with Gasteiger partial charge in [0.1, 0.15) is 0 Å². The summed E-state index contributed by atoms with van der Waals surface area (Å²) in [6.45, 7) is 10.9. The lowest BCUT2D eigenvalue weighted by atomic mass is 10.1. The molecule has 0 bridgehead atoms. The Morgan fingerprint density at radius 1 is 1.47 bits per heavy atom. The van der Waals surface area contributed by atoms with Gasteiger partial charge in [0.2, 0.25) is 0 Å². The Kier molecular flexibility index (Phi) is 7.14. The minimum atomic E-state index is 0.761. The third kappa shape index (κ3) is 5.59. The van der Waals surface area contributed by atoms with Crippen LogP contribution in [0.4, 0.5) is 0 Å². The van der Waals surface area contributed by atoms with Gasteiger partial charge in [-0.25, -0.2) is 0 Å². The summed E-state index contributed by atoms with van der Waals surface area (Å²) in [5.74, 6) is 2.29. The topological polar surface area (TPSA) is 15.3 Å². The van der Waals surface area contributed by atoms with E-state index in [9.17, 15) is 0 Å². The molecule has 88 valence electrons. The Morgan fingerprint density at radius 2 is 2.20 bits per heavy atom. The van der Waals surface area contributed by atoms with Crippen molar-refractivity contribution in [2.45, 2.75) is 25.8 Å². The van der Waals surface area contributed by atoms with Crippen molar-refractivity contribution >= 4 is 11.8 Å². The fraction of sp³-hybridized carbons (Fsp3) is 0.833. The molecule has 15 heavy (non-hydrogen) atoms. The quantitative estimate of drug-likeness (QED) is 0.530. The number of hydrogen-bond donors (Lipinski definition) is 1. The summed E-state index contributed by atoms with van der Waals surface area (Å²) >= 11 is 1.96. The molecule has 0 aromatic carbocycles. The molecular formula is C12H24N2S. The van der Waals surface area contributed by atoms with Crippen LogP contribution in [0.5, 0.6) is 0 Å². The highest BCUT2D eigenvalue weighted by molar-refractivity contribution is 7.99. The molecule has 1 N–H and O–H groups in total. The molecule has 0 amide bonds. The Labute approximate surface area is 98.5 Å². The van der Waals surface area contributed by atoms with Crippen LogP contribution < -0.4 is 5.32 Å². The van der Waals surface area contributed by atoms with Crippen molar-refractivity contribution in [1.29, 1.82) is 0 Å².